The first-order valence-electron chi connectivity index (χ1n) is 6.85. The number of rotatable bonds is 7. The Morgan fingerprint density at radius 2 is 2.14 bits per heavy atom. The zero-order valence-electron chi connectivity index (χ0n) is 12.7. The second-order valence-corrected chi connectivity index (χ2v) is 4.52. The van der Waals surface area contributed by atoms with E-state index in [1.54, 1.807) is 13.8 Å². The molecule has 21 heavy (non-hydrogen) atoms. The van der Waals surface area contributed by atoms with Crippen LogP contribution in [0.25, 0.3) is 0 Å². The van der Waals surface area contributed by atoms with Crippen LogP contribution in [-0.2, 0) is 23.8 Å². The number of carbonyl (C=O) groups is 2. The summed E-state index contributed by atoms with van der Waals surface area (Å²) in [6.07, 6.45) is 0.210. The molecule has 0 spiro atoms. The van der Waals surface area contributed by atoms with E-state index in [-0.39, 0.29) is 19.6 Å². The van der Waals surface area contributed by atoms with E-state index in [9.17, 15) is 9.59 Å². The Bertz CT molecular complexity index is 456. The van der Waals surface area contributed by atoms with E-state index in [1.165, 1.54) is 7.11 Å². The topological polar surface area (TPSA) is 100 Å². The molecule has 0 aromatic heterocycles. The molecule has 2 N–H and O–H groups in total. The molecule has 1 aliphatic heterocycles. The van der Waals surface area contributed by atoms with E-state index in [2.05, 4.69) is 4.99 Å². The van der Waals surface area contributed by atoms with Gasteiger partial charge in [0, 0.05) is 12.3 Å². The zero-order valence-corrected chi connectivity index (χ0v) is 12.7. The van der Waals surface area contributed by atoms with Crippen LogP contribution in [0.4, 0.5) is 0 Å². The van der Waals surface area contributed by atoms with E-state index >= 15 is 0 Å². The van der Waals surface area contributed by atoms with Crippen molar-refractivity contribution in [3.8, 4) is 0 Å². The van der Waals surface area contributed by atoms with Gasteiger partial charge >= 0.3 is 11.9 Å². The lowest BCUT2D eigenvalue weighted by molar-refractivity contribution is -0.143. The van der Waals surface area contributed by atoms with Crippen molar-refractivity contribution >= 4 is 17.7 Å². The first-order valence-corrected chi connectivity index (χ1v) is 6.85. The third-order valence-corrected chi connectivity index (χ3v) is 3.08. The summed E-state index contributed by atoms with van der Waals surface area (Å²) in [5, 5.41) is 0. The first-order chi connectivity index (χ1) is 10.0. The van der Waals surface area contributed by atoms with Crippen LogP contribution in [-0.4, -0.2) is 51.1 Å². The summed E-state index contributed by atoms with van der Waals surface area (Å²) >= 11 is 0. The van der Waals surface area contributed by atoms with Crippen LogP contribution < -0.4 is 5.73 Å². The lowest BCUT2D eigenvalue weighted by Gasteiger charge is -2.22. The lowest BCUT2D eigenvalue weighted by atomic mass is 9.91. The fraction of sp³-hybridized carbons (Fsp3) is 0.643. The van der Waals surface area contributed by atoms with Crippen molar-refractivity contribution < 1.29 is 23.8 Å². The maximum Gasteiger partial charge on any atom is 0.335 e. The van der Waals surface area contributed by atoms with Crippen LogP contribution in [0.2, 0.25) is 0 Å². The Hall–Kier alpha value is -1.73. The van der Waals surface area contributed by atoms with Gasteiger partial charge in [-0.2, -0.15) is 0 Å². The Morgan fingerprint density at radius 3 is 2.71 bits per heavy atom. The van der Waals surface area contributed by atoms with E-state index in [0.29, 0.717) is 30.1 Å². The van der Waals surface area contributed by atoms with Crippen LogP contribution in [0.1, 0.15) is 20.3 Å². The van der Waals surface area contributed by atoms with Gasteiger partial charge in [0.1, 0.15) is 0 Å². The number of ether oxygens (including phenoxy) is 3. The van der Waals surface area contributed by atoms with Gasteiger partial charge in [0.05, 0.1) is 44.1 Å². The predicted molar refractivity (Wildman–Crippen MR) is 76.8 cm³/mol. The molecule has 0 radical (unpaired) electrons. The van der Waals surface area contributed by atoms with Gasteiger partial charge in [0.2, 0.25) is 0 Å². The van der Waals surface area contributed by atoms with Crippen molar-refractivity contribution in [1.82, 2.24) is 0 Å². The molecule has 0 aromatic rings. The van der Waals surface area contributed by atoms with Gasteiger partial charge in [-0.25, -0.2) is 4.79 Å². The molecule has 1 heterocycles. The van der Waals surface area contributed by atoms with Gasteiger partial charge in [0.15, 0.2) is 0 Å². The lowest BCUT2D eigenvalue weighted by Crippen LogP contribution is -2.30. The van der Waals surface area contributed by atoms with Crippen molar-refractivity contribution in [2.45, 2.75) is 20.3 Å². The minimum Gasteiger partial charge on any atom is -0.469 e. The largest absolute Gasteiger partial charge is 0.469 e. The highest BCUT2D eigenvalue weighted by molar-refractivity contribution is 6.05. The van der Waals surface area contributed by atoms with Gasteiger partial charge in [-0.1, -0.05) is 0 Å². The monoisotopic (exact) mass is 298 g/mol. The summed E-state index contributed by atoms with van der Waals surface area (Å²) in [5.41, 5.74) is 6.80. The molecule has 0 bridgehead atoms. The fourth-order valence-corrected chi connectivity index (χ4v) is 2.01. The first kappa shape index (κ1) is 17.3. The standard InChI is InChI=1S/C14H22N2O5/c1-4-21-14(18)11-7-10(13(17)19-3)9(2)16-12(11)8-20-6-5-15/h10H,4-8,15H2,1-3H3. The summed E-state index contributed by atoms with van der Waals surface area (Å²) in [5.74, 6) is -1.46. The highest BCUT2D eigenvalue weighted by Gasteiger charge is 2.32. The second kappa shape index (κ2) is 8.53. The Labute approximate surface area is 124 Å². The molecule has 7 heteroatoms. The third kappa shape index (κ3) is 4.64. The minimum absolute atomic E-state index is 0.163. The minimum atomic E-state index is -0.562. The van der Waals surface area contributed by atoms with Gasteiger partial charge in [-0.05, 0) is 20.3 Å². The molecule has 0 aliphatic carbocycles. The average molecular weight is 298 g/mol. The highest BCUT2D eigenvalue weighted by Crippen LogP contribution is 2.26. The number of nitrogens with two attached hydrogens (primary N) is 1. The maximum absolute atomic E-state index is 12.0. The molecule has 1 aliphatic rings. The van der Waals surface area contributed by atoms with Crippen molar-refractivity contribution in [3.05, 3.63) is 11.3 Å². The summed E-state index contributed by atoms with van der Waals surface area (Å²) in [6.45, 7) is 4.62. The molecule has 1 atom stereocenters. The Morgan fingerprint density at radius 1 is 1.43 bits per heavy atom. The van der Waals surface area contributed by atoms with E-state index in [0.717, 1.165) is 0 Å². The van der Waals surface area contributed by atoms with E-state index in [1.807, 2.05) is 0 Å². The number of nitrogens with zero attached hydrogens (tertiary/aromatic N) is 1. The molecule has 0 amide bonds. The van der Waals surface area contributed by atoms with Crippen LogP contribution in [0, 0.1) is 5.92 Å². The zero-order chi connectivity index (χ0) is 15.8. The summed E-state index contributed by atoms with van der Waals surface area (Å²) < 4.78 is 15.1. The van der Waals surface area contributed by atoms with Crippen LogP contribution >= 0.6 is 0 Å². The molecule has 1 unspecified atom stereocenters. The molecule has 118 valence electrons. The molecular formula is C14H22N2O5. The highest BCUT2D eigenvalue weighted by atomic mass is 16.5. The van der Waals surface area contributed by atoms with Crippen LogP contribution in [0.3, 0.4) is 0 Å². The van der Waals surface area contributed by atoms with E-state index in [4.69, 9.17) is 19.9 Å². The number of carbonyl (C=O) groups excluding carboxylic acids is 2. The number of hydrogen-bond donors (Lipinski definition) is 1. The molecule has 7 nitrogen and oxygen atoms in total. The summed E-state index contributed by atoms with van der Waals surface area (Å²) in [6, 6.07) is 0. The third-order valence-electron chi connectivity index (χ3n) is 3.08. The van der Waals surface area contributed by atoms with Crippen LogP contribution in [0.15, 0.2) is 16.3 Å². The SMILES string of the molecule is CCOC(=O)C1=C(COCCN)N=C(C)C(C(=O)OC)C1. The molecular weight excluding hydrogens is 276 g/mol. The molecule has 1 rings (SSSR count). The molecule has 0 fully saturated rings. The smallest absolute Gasteiger partial charge is 0.335 e. The van der Waals surface area contributed by atoms with Crippen molar-refractivity contribution in [3.63, 3.8) is 0 Å². The van der Waals surface area contributed by atoms with Crippen LogP contribution in [0.5, 0.6) is 0 Å². The normalized spacial score (nSPS) is 18.3. The van der Waals surface area contributed by atoms with Gasteiger partial charge in [0.25, 0.3) is 0 Å². The number of methoxy groups -OCH3 is 1. The number of hydrogen-bond acceptors (Lipinski definition) is 7. The average Bonchev–Trinajstić information content (AvgIpc) is 2.47. The predicted octanol–water partition coefficient (Wildman–Crippen LogP) is 0.433. The second-order valence-electron chi connectivity index (χ2n) is 4.52. The fourth-order valence-electron chi connectivity index (χ4n) is 2.01. The summed E-state index contributed by atoms with van der Waals surface area (Å²) in [7, 11) is 1.31. The van der Waals surface area contributed by atoms with Crippen molar-refractivity contribution in [2.75, 3.05) is 33.5 Å². The van der Waals surface area contributed by atoms with Gasteiger partial charge in [-0.15, -0.1) is 0 Å². The summed E-state index contributed by atoms with van der Waals surface area (Å²) in [4.78, 5) is 28.1. The van der Waals surface area contributed by atoms with Crippen molar-refractivity contribution in [2.24, 2.45) is 16.6 Å². The molecule has 0 saturated heterocycles. The van der Waals surface area contributed by atoms with Crippen molar-refractivity contribution in [1.29, 1.82) is 0 Å². The van der Waals surface area contributed by atoms with E-state index < -0.39 is 17.9 Å². The maximum atomic E-state index is 12.0. The quantitative estimate of drug-likeness (QED) is 0.540. The van der Waals surface area contributed by atoms with Gasteiger partial charge < -0.3 is 19.9 Å². The molecule has 0 aromatic carbocycles. The Balaban J connectivity index is 2.99. The number of esters is 2. The Kier molecular flexibility index (Phi) is 7.04. The number of aliphatic imine (C=N–C) groups is 1. The van der Waals surface area contributed by atoms with Gasteiger partial charge in [-0.3, -0.25) is 9.79 Å². The molecule has 0 saturated carbocycles.